The van der Waals surface area contributed by atoms with E-state index in [1.165, 1.54) is 10.2 Å². The van der Waals surface area contributed by atoms with Crippen LogP contribution >= 0.6 is 11.6 Å². The van der Waals surface area contributed by atoms with Gasteiger partial charge in [0.25, 0.3) is 10.0 Å². The fraction of sp³-hybridized carbons (Fsp3) is 0.304. The summed E-state index contributed by atoms with van der Waals surface area (Å²) in [7, 11) is -3.91. The Morgan fingerprint density at radius 3 is 2.65 bits per heavy atom. The van der Waals surface area contributed by atoms with Crippen molar-refractivity contribution < 1.29 is 17.9 Å². The largest absolute Gasteiger partial charge is 0.466 e. The molecule has 3 aromatic rings. The number of ether oxygens (including phenoxy) is 1. The van der Waals surface area contributed by atoms with E-state index in [2.05, 4.69) is 4.98 Å². The first kappa shape index (κ1) is 21.6. The van der Waals surface area contributed by atoms with Gasteiger partial charge in [-0.05, 0) is 62.9 Å². The van der Waals surface area contributed by atoms with E-state index in [-0.39, 0.29) is 22.4 Å². The van der Waals surface area contributed by atoms with Gasteiger partial charge in [0.15, 0.2) is 5.65 Å². The predicted molar refractivity (Wildman–Crippen MR) is 120 cm³/mol. The van der Waals surface area contributed by atoms with Gasteiger partial charge in [0.05, 0.1) is 28.1 Å². The van der Waals surface area contributed by atoms with Crippen LogP contribution in [-0.4, -0.2) is 30.0 Å². The maximum Gasteiger partial charge on any atom is 0.309 e. The minimum Gasteiger partial charge on any atom is -0.466 e. The second-order valence-corrected chi connectivity index (χ2v) is 9.79. The lowest BCUT2D eigenvalue weighted by Crippen LogP contribution is -2.21. The van der Waals surface area contributed by atoms with E-state index >= 15 is 0 Å². The Morgan fingerprint density at radius 2 is 2.00 bits per heavy atom. The number of aromatic nitrogens is 2. The Morgan fingerprint density at radius 1 is 1.26 bits per heavy atom. The van der Waals surface area contributed by atoms with Crippen molar-refractivity contribution in [2.45, 2.75) is 38.0 Å². The van der Waals surface area contributed by atoms with Crippen LogP contribution in [0.2, 0.25) is 5.02 Å². The molecular formula is C23H23ClN2O4S. The fourth-order valence-corrected chi connectivity index (χ4v) is 5.56. The number of allylic oxidation sites excluding steroid dienone is 2. The van der Waals surface area contributed by atoms with Crippen molar-refractivity contribution >= 4 is 44.2 Å². The molecule has 0 amide bonds. The van der Waals surface area contributed by atoms with Gasteiger partial charge in [-0.25, -0.2) is 17.4 Å². The van der Waals surface area contributed by atoms with Crippen molar-refractivity contribution in [2.24, 2.45) is 5.92 Å². The lowest BCUT2D eigenvalue weighted by molar-refractivity contribution is -0.148. The van der Waals surface area contributed by atoms with E-state index in [0.29, 0.717) is 42.0 Å². The highest BCUT2D eigenvalue weighted by Gasteiger charge is 2.29. The Balaban J connectivity index is 1.85. The monoisotopic (exact) mass is 458 g/mol. The number of benzene rings is 1. The zero-order valence-electron chi connectivity index (χ0n) is 17.3. The average molecular weight is 459 g/mol. The van der Waals surface area contributed by atoms with Gasteiger partial charge in [-0.15, -0.1) is 0 Å². The third-order valence-corrected chi connectivity index (χ3v) is 7.57. The van der Waals surface area contributed by atoms with Crippen molar-refractivity contribution in [2.75, 3.05) is 6.61 Å². The molecule has 1 aliphatic carbocycles. The maximum atomic E-state index is 13.6. The molecule has 0 fully saturated rings. The summed E-state index contributed by atoms with van der Waals surface area (Å²) in [6.07, 6.45) is 5.08. The highest BCUT2D eigenvalue weighted by atomic mass is 35.5. The van der Waals surface area contributed by atoms with Gasteiger partial charge in [-0.3, -0.25) is 4.79 Å². The maximum absolute atomic E-state index is 13.6. The molecule has 2 aromatic heterocycles. The molecule has 6 nitrogen and oxygen atoms in total. The lowest BCUT2D eigenvalue weighted by Gasteiger charge is -2.21. The van der Waals surface area contributed by atoms with Crippen LogP contribution in [0.5, 0.6) is 0 Å². The number of rotatable bonds is 5. The van der Waals surface area contributed by atoms with E-state index in [0.717, 1.165) is 11.1 Å². The number of halogens is 1. The van der Waals surface area contributed by atoms with Crippen molar-refractivity contribution in [3.05, 3.63) is 65.0 Å². The van der Waals surface area contributed by atoms with Gasteiger partial charge in [-0.2, -0.15) is 0 Å². The smallest absolute Gasteiger partial charge is 0.309 e. The molecular weight excluding hydrogens is 436 g/mol. The zero-order valence-corrected chi connectivity index (χ0v) is 18.9. The third-order valence-electron chi connectivity index (χ3n) is 5.53. The second kappa shape index (κ2) is 8.48. The molecule has 8 heteroatoms. The van der Waals surface area contributed by atoms with E-state index in [1.807, 2.05) is 13.0 Å². The van der Waals surface area contributed by atoms with Crippen molar-refractivity contribution in [1.82, 2.24) is 8.96 Å². The van der Waals surface area contributed by atoms with Crippen LogP contribution < -0.4 is 0 Å². The molecule has 4 rings (SSSR count). The number of carbonyl (C=O) groups is 1. The Labute approximate surface area is 186 Å². The number of hydrogen-bond acceptors (Lipinski definition) is 5. The summed E-state index contributed by atoms with van der Waals surface area (Å²) in [4.78, 5) is 16.6. The number of hydrogen-bond donors (Lipinski definition) is 0. The standard InChI is InChI=1S/C23H23ClN2O4S/c1-3-30-23(27)17-8-6-16(7-9-17)21-14-19-20(24)12-13-25-22(19)26(21)31(28,29)18-10-4-15(2)5-11-18/h4-6,10-14,17H,3,7-9H2,1-2H3. The summed E-state index contributed by atoms with van der Waals surface area (Å²) in [5, 5.41) is 1.01. The highest BCUT2D eigenvalue weighted by Crippen LogP contribution is 2.37. The van der Waals surface area contributed by atoms with Gasteiger partial charge in [0, 0.05) is 11.6 Å². The molecule has 31 heavy (non-hydrogen) atoms. The van der Waals surface area contributed by atoms with Gasteiger partial charge in [0.2, 0.25) is 0 Å². The molecule has 0 aliphatic heterocycles. The molecule has 1 unspecified atom stereocenters. The summed E-state index contributed by atoms with van der Waals surface area (Å²) in [5.41, 5.74) is 2.64. The Bertz CT molecular complexity index is 1280. The molecule has 0 bridgehead atoms. The van der Waals surface area contributed by atoms with Crippen LogP contribution in [0.1, 0.15) is 37.4 Å². The van der Waals surface area contributed by atoms with E-state index in [9.17, 15) is 13.2 Å². The highest BCUT2D eigenvalue weighted by molar-refractivity contribution is 7.90. The predicted octanol–water partition coefficient (Wildman–Crippen LogP) is 4.98. The first-order valence-electron chi connectivity index (χ1n) is 10.2. The van der Waals surface area contributed by atoms with Crippen LogP contribution in [0, 0.1) is 12.8 Å². The number of esters is 1. The molecule has 162 valence electrons. The zero-order chi connectivity index (χ0) is 22.2. The molecule has 1 aliphatic rings. The number of carbonyl (C=O) groups excluding carboxylic acids is 1. The van der Waals surface area contributed by atoms with Crippen LogP contribution in [0.25, 0.3) is 16.6 Å². The number of fused-ring (bicyclic) bond motifs is 1. The first-order chi connectivity index (χ1) is 14.8. The van der Waals surface area contributed by atoms with E-state index in [4.69, 9.17) is 16.3 Å². The summed E-state index contributed by atoms with van der Waals surface area (Å²) >= 11 is 6.37. The minimum atomic E-state index is -3.91. The van der Waals surface area contributed by atoms with E-state index in [1.54, 1.807) is 43.3 Å². The van der Waals surface area contributed by atoms with Crippen molar-refractivity contribution in [3.8, 4) is 0 Å². The fourth-order valence-electron chi connectivity index (χ4n) is 3.87. The summed E-state index contributed by atoms with van der Waals surface area (Å²) in [6, 6.07) is 10.1. The molecule has 1 aromatic carbocycles. The molecule has 0 radical (unpaired) electrons. The van der Waals surface area contributed by atoms with Gasteiger partial charge in [0.1, 0.15) is 0 Å². The number of aryl methyl sites for hydroxylation is 1. The van der Waals surface area contributed by atoms with Gasteiger partial charge in [-0.1, -0.05) is 35.4 Å². The van der Waals surface area contributed by atoms with Crippen molar-refractivity contribution in [3.63, 3.8) is 0 Å². The van der Waals surface area contributed by atoms with E-state index < -0.39 is 10.0 Å². The lowest BCUT2D eigenvalue weighted by atomic mass is 9.88. The average Bonchev–Trinajstić information content (AvgIpc) is 3.16. The van der Waals surface area contributed by atoms with Crippen molar-refractivity contribution in [1.29, 1.82) is 0 Å². The SMILES string of the molecule is CCOC(=O)C1CC=C(c2cc3c(Cl)ccnc3n2S(=O)(=O)c2ccc(C)cc2)CC1. The Hall–Kier alpha value is -2.64. The molecule has 1 atom stereocenters. The molecule has 0 spiro atoms. The third kappa shape index (κ3) is 4.00. The first-order valence-corrected chi connectivity index (χ1v) is 12.0. The molecule has 0 N–H and O–H groups in total. The van der Waals surface area contributed by atoms with Crippen LogP contribution in [0.15, 0.2) is 53.6 Å². The summed E-state index contributed by atoms with van der Waals surface area (Å²) < 4.78 is 33.7. The molecule has 0 saturated heterocycles. The Kier molecular flexibility index (Phi) is 5.90. The number of nitrogens with zero attached hydrogens (tertiary/aromatic N) is 2. The van der Waals surface area contributed by atoms with Crippen LogP contribution in [0.4, 0.5) is 0 Å². The number of pyridine rings is 1. The normalized spacial score (nSPS) is 16.9. The van der Waals surface area contributed by atoms with Gasteiger partial charge < -0.3 is 4.74 Å². The second-order valence-electron chi connectivity index (χ2n) is 7.59. The molecule has 0 saturated carbocycles. The van der Waals surface area contributed by atoms with Crippen LogP contribution in [0.3, 0.4) is 0 Å². The molecule has 2 heterocycles. The topological polar surface area (TPSA) is 78.3 Å². The van der Waals surface area contributed by atoms with Gasteiger partial charge >= 0.3 is 5.97 Å². The quantitative estimate of drug-likeness (QED) is 0.504. The summed E-state index contributed by atoms with van der Waals surface area (Å²) in [5.74, 6) is -0.424. The minimum absolute atomic E-state index is 0.180. The summed E-state index contributed by atoms with van der Waals surface area (Å²) in [6.45, 7) is 4.03. The van der Waals surface area contributed by atoms with Crippen LogP contribution in [-0.2, 0) is 19.6 Å².